The minimum atomic E-state index is -0.581. The Bertz CT molecular complexity index is 770. The fraction of sp³-hybridized carbons (Fsp3) is 0.263. The molecule has 2 aromatic carbocycles. The van der Waals surface area contributed by atoms with E-state index in [0.29, 0.717) is 36.8 Å². The largest absolute Gasteiger partial charge is 0.486 e. The number of aryl methyl sites for hydroxylation is 1. The zero-order valence-corrected chi connectivity index (χ0v) is 13.9. The average molecular weight is 341 g/mol. The maximum Gasteiger partial charge on any atom is 0.338 e. The Hall–Kier alpha value is -3.02. The molecule has 0 atom stereocenters. The fourth-order valence-corrected chi connectivity index (χ4v) is 2.34. The molecule has 0 aliphatic carbocycles. The van der Waals surface area contributed by atoms with E-state index < -0.39 is 5.97 Å². The first-order valence-electron chi connectivity index (χ1n) is 8.01. The first-order valence-corrected chi connectivity index (χ1v) is 8.01. The van der Waals surface area contributed by atoms with Crippen LogP contribution < -0.4 is 14.8 Å². The second kappa shape index (κ2) is 7.70. The molecule has 0 saturated heterocycles. The van der Waals surface area contributed by atoms with Crippen LogP contribution in [0.3, 0.4) is 0 Å². The Labute approximate surface area is 145 Å². The highest BCUT2D eigenvalue weighted by molar-refractivity contribution is 5.92. The molecule has 1 aliphatic rings. The van der Waals surface area contributed by atoms with E-state index in [0.717, 1.165) is 11.1 Å². The molecule has 1 amide bonds. The number of nitrogens with one attached hydrogen (secondary N) is 1. The maximum absolute atomic E-state index is 12.0. The number of hydrogen-bond acceptors (Lipinski definition) is 5. The predicted octanol–water partition coefficient (Wildman–Crippen LogP) is 2.24. The monoisotopic (exact) mass is 341 g/mol. The van der Waals surface area contributed by atoms with Crippen molar-refractivity contribution in [2.45, 2.75) is 13.5 Å². The maximum atomic E-state index is 12.0. The molecule has 6 heteroatoms. The van der Waals surface area contributed by atoms with E-state index >= 15 is 0 Å². The zero-order chi connectivity index (χ0) is 17.6. The molecule has 1 N–H and O–H groups in total. The van der Waals surface area contributed by atoms with Crippen LogP contribution in [-0.4, -0.2) is 31.7 Å². The van der Waals surface area contributed by atoms with Crippen LogP contribution in [0.2, 0.25) is 0 Å². The number of esters is 1. The molecule has 130 valence electrons. The van der Waals surface area contributed by atoms with Crippen LogP contribution >= 0.6 is 0 Å². The average Bonchev–Trinajstić information content (AvgIpc) is 2.65. The molecule has 6 nitrogen and oxygen atoms in total. The van der Waals surface area contributed by atoms with Crippen molar-refractivity contribution in [3.05, 3.63) is 59.2 Å². The van der Waals surface area contributed by atoms with E-state index in [2.05, 4.69) is 5.32 Å². The number of ether oxygens (including phenoxy) is 3. The van der Waals surface area contributed by atoms with E-state index in [1.54, 1.807) is 18.2 Å². The van der Waals surface area contributed by atoms with Gasteiger partial charge in [0.1, 0.15) is 13.2 Å². The Morgan fingerprint density at radius 1 is 1.04 bits per heavy atom. The van der Waals surface area contributed by atoms with E-state index in [9.17, 15) is 9.59 Å². The van der Waals surface area contributed by atoms with Crippen LogP contribution in [0.1, 0.15) is 21.5 Å². The standard InChI is InChI=1S/C19H19NO5/c1-13-2-4-14(5-3-13)11-20-18(21)12-25-19(22)15-6-7-16-17(10-15)24-9-8-23-16/h2-7,10H,8-9,11-12H2,1H3,(H,20,21). The summed E-state index contributed by atoms with van der Waals surface area (Å²) in [7, 11) is 0. The minimum Gasteiger partial charge on any atom is -0.486 e. The van der Waals surface area contributed by atoms with Gasteiger partial charge in [-0.25, -0.2) is 4.79 Å². The van der Waals surface area contributed by atoms with Crippen molar-refractivity contribution in [1.29, 1.82) is 0 Å². The Morgan fingerprint density at radius 2 is 1.76 bits per heavy atom. The lowest BCUT2D eigenvalue weighted by Crippen LogP contribution is -2.28. The third-order valence-corrected chi connectivity index (χ3v) is 3.72. The van der Waals surface area contributed by atoms with Crippen molar-refractivity contribution in [3.63, 3.8) is 0 Å². The van der Waals surface area contributed by atoms with Gasteiger partial charge in [0.15, 0.2) is 18.1 Å². The molecule has 0 bridgehead atoms. The smallest absolute Gasteiger partial charge is 0.338 e. The highest BCUT2D eigenvalue weighted by atomic mass is 16.6. The molecule has 0 radical (unpaired) electrons. The van der Waals surface area contributed by atoms with Crippen molar-refractivity contribution in [2.24, 2.45) is 0 Å². The number of amides is 1. The van der Waals surface area contributed by atoms with Crippen molar-refractivity contribution in [1.82, 2.24) is 5.32 Å². The second-order valence-corrected chi connectivity index (χ2v) is 5.70. The number of benzene rings is 2. The molecule has 0 fully saturated rings. The molecule has 3 rings (SSSR count). The summed E-state index contributed by atoms with van der Waals surface area (Å²) in [6, 6.07) is 12.6. The summed E-state index contributed by atoms with van der Waals surface area (Å²) in [6.07, 6.45) is 0. The van der Waals surface area contributed by atoms with Crippen LogP contribution in [-0.2, 0) is 16.1 Å². The highest BCUT2D eigenvalue weighted by Gasteiger charge is 2.16. The molecule has 1 heterocycles. The van der Waals surface area contributed by atoms with Crippen LogP contribution in [0.4, 0.5) is 0 Å². The third kappa shape index (κ3) is 4.50. The minimum absolute atomic E-state index is 0.315. The van der Waals surface area contributed by atoms with Crippen molar-refractivity contribution < 1.29 is 23.8 Å². The lowest BCUT2D eigenvalue weighted by atomic mass is 10.1. The first-order chi connectivity index (χ1) is 12.1. The molecule has 0 unspecified atom stereocenters. The molecular weight excluding hydrogens is 322 g/mol. The van der Waals surface area contributed by atoms with Crippen LogP contribution in [0, 0.1) is 6.92 Å². The topological polar surface area (TPSA) is 73.9 Å². The summed E-state index contributed by atoms with van der Waals surface area (Å²) in [5.41, 5.74) is 2.45. The lowest BCUT2D eigenvalue weighted by Gasteiger charge is -2.18. The summed E-state index contributed by atoms with van der Waals surface area (Å²) in [5, 5.41) is 2.71. The van der Waals surface area contributed by atoms with Gasteiger partial charge in [-0.2, -0.15) is 0 Å². The summed E-state index contributed by atoms with van der Waals surface area (Å²) >= 11 is 0. The number of carbonyl (C=O) groups is 2. The van der Waals surface area contributed by atoms with E-state index in [-0.39, 0.29) is 12.5 Å². The van der Waals surface area contributed by atoms with Crippen LogP contribution in [0.25, 0.3) is 0 Å². The summed E-state index contributed by atoms with van der Waals surface area (Å²) in [4.78, 5) is 23.9. The van der Waals surface area contributed by atoms with Crippen molar-refractivity contribution >= 4 is 11.9 Å². The Morgan fingerprint density at radius 3 is 2.52 bits per heavy atom. The van der Waals surface area contributed by atoms with Gasteiger partial charge in [0.25, 0.3) is 5.91 Å². The number of fused-ring (bicyclic) bond motifs is 1. The van der Waals surface area contributed by atoms with Gasteiger partial charge in [-0.15, -0.1) is 0 Å². The normalized spacial score (nSPS) is 12.4. The van der Waals surface area contributed by atoms with Crippen molar-refractivity contribution in [2.75, 3.05) is 19.8 Å². The zero-order valence-electron chi connectivity index (χ0n) is 13.9. The molecule has 0 saturated carbocycles. The SMILES string of the molecule is Cc1ccc(CNC(=O)COC(=O)c2ccc3c(c2)OCCO3)cc1. The number of rotatable bonds is 5. The predicted molar refractivity (Wildman–Crippen MR) is 90.7 cm³/mol. The van der Waals surface area contributed by atoms with Crippen molar-refractivity contribution in [3.8, 4) is 11.5 Å². The van der Waals surface area contributed by atoms with Crippen LogP contribution in [0.5, 0.6) is 11.5 Å². The highest BCUT2D eigenvalue weighted by Crippen LogP contribution is 2.30. The van der Waals surface area contributed by atoms with Gasteiger partial charge in [0, 0.05) is 6.54 Å². The number of carbonyl (C=O) groups excluding carboxylic acids is 2. The van der Waals surface area contributed by atoms with Gasteiger partial charge in [-0.3, -0.25) is 4.79 Å². The van der Waals surface area contributed by atoms with Gasteiger partial charge in [-0.1, -0.05) is 29.8 Å². The molecule has 25 heavy (non-hydrogen) atoms. The lowest BCUT2D eigenvalue weighted by molar-refractivity contribution is -0.124. The molecule has 2 aromatic rings. The summed E-state index contributed by atoms with van der Waals surface area (Å²) in [6.45, 7) is 2.98. The van der Waals surface area contributed by atoms with Crippen LogP contribution in [0.15, 0.2) is 42.5 Å². The fourth-order valence-electron chi connectivity index (χ4n) is 2.34. The quantitative estimate of drug-likeness (QED) is 0.844. The summed E-state index contributed by atoms with van der Waals surface area (Å²) in [5.74, 6) is 0.164. The second-order valence-electron chi connectivity index (χ2n) is 5.70. The van der Waals surface area contributed by atoms with Gasteiger partial charge in [0.2, 0.25) is 0 Å². The van der Waals surface area contributed by atoms with E-state index in [1.165, 1.54) is 0 Å². The molecule has 1 aliphatic heterocycles. The number of hydrogen-bond donors (Lipinski definition) is 1. The van der Waals surface area contributed by atoms with Gasteiger partial charge < -0.3 is 19.5 Å². The van der Waals surface area contributed by atoms with Gasteiger partial charge in [-0.05, 0) is 30.7 Å². The Kier molecular flexibility index (Phi) is 5.18. The van der Waals surface area contributed by atoms with Gasteiger partial charge >= 0.3 is 5.97 Å². The third-order valence-electron chi connectivity index (χ3n) is 3.72. The molecule has 0 aromatic heterocycles. The molecular formula is C19H19NO5. The summed E-state index contributed by atoms with van der Waals surface area (Å²) < 4.78 is 15.9. The molecule has 0 spiro atoms. The van der Waals surface area contributed by atoms with E-state index in [1.807, 2.05) is 31.2 Å². The Balaban J connectivity index is 1.48. The first kappa shape index (κ1) is 16.8. The van der Waals surface area contributed by atoms with E-state index in [4.69, 9.17) is 14.2 Å². The van der Waals surface area contributed by atoms with Gasteiger partial charge in [0.05, 0.1) is 5.56 Å².